The zero-order valence-electron chi connectivity index (χ0n) is 3.78. The van der Waals surface area contributed by atoms with Gasteiger partial charge in [0, 0.05) is 0 Å². The minimum absolute atomic E-state index is 0.448. The quantitative estimate of drug-likeness (QED) is 0.354. The lowest BCUT2D eigenvalue weighted by molar-refractivity contribution is 1.41. The third-order valence-electron chi connectivity index (χ3n) is 0.520. The Morgan fingerprint density at radius 1 is 2.00 bits per heavy atom. The molecule has 0 atom stereocenters. The van der Waals surface area contributed by atoms with Gasteiger partial charge in [0.1, 0.15) is 0 Å². The van der Waals surface area contributed by atoms with E-state index in [9.17, 15) is 0 Å². The van der Waals surface area contributed by atoms with Crippen molar-refractivity contribution in [2.45, 2.75) is 13.2 Å². The Bertz CT molecular complexity index is 81.5. The molecule has 2 radical (unpaired) electrons. The van der Waals surface area contributed by atoms with Gasteiger partial charge < -0.3 is 0 Å². The molecule has 0 rings (SSSR count). The first-order chi connectivity index (χ1) is 2.81. The molecule has 0 spiro atoms. The van der Waals surface area contributed by atoms with Crippen molar-refractivity contribution in [2.24, 2.45) is 0 Å². The van der Waals surface area contributed by atoms with E-state index in [1.807, 2.05) is 0 Å². The van der Waals surface area contributed by atoms with E-state index >= 15 is 0 Å². The SMILES string of the molecule is [B]CC(C)=C=N. The van der Waals surface area contributed by atoms with E-state index < -0.39 is 0 Å². The summed E-state index contributed by atoms with van der Waals surface area (Å²) in [5.41, 5.74) is 0.787. The molecule has 0 aliphatic carbocycles. The predicted molar refractivity (Wildman–Crippen MR) is 27.5 cm³/mol. The highest BCUT2D eigenvalue weighted by Crippen LogP contribution is 1.85. The molecule has 0 amide bonds. The van der Waals surface area contributed by atoms with Crippen LogP contribution in [0.3, 0.4) is 0 Å². The fourth-order valence-corrected chi connectivity index (χ4v) is 0.0510. The molecule has 1 N–H and O–H groups in total. The van der Waals surface area contributed by atoms with Crippen molar-refractivity contribution in [2.75, 3.05) is 0 Å². The summed E-state index contributed by atoms with van der Waals surface area (Å²) in [4.78, 5) is 0. The Hall–Kier alpha value is -0.485. The van der Waals surface area contributed by atoms with Crippen molar-refractivity contribution < 1.29 is 0 Å². The lowest BCUT2D eigenvalue weighted by Crippen LogP contribution is -1.70. The zero-order chi connectivity index (χ0) is 4.99. The molecular weight excluding hydrogens is 72.9 g/mol. The van der Waals surface area contributed by atoms with Gasteiger partial charge in [0.15, 0.2) is 0 Å². The average Bonchev–Trinajstić information content (AvgIpc) is 1.65. The third kappa shape index (κ3) is 1.80. The van der Waals surface area contributed by atoms with Crippen LogP contribution in [0.25, 0.3) is 0 Å². The normalized spacial score (nSPS) is 6.83. The second kappa shape index (κ2) is 2.74. The Morgan fingerprint density at radius 3 is 2.50 bits per heavy atom. The molecule has 0 aromatic heterocycles. The van der Waals surface area contributed by atoms with Crippen LogP contribution in [0.2, 0.25) is 6.32 Å². The third-order valence-corrected chi connectivity index (χ3v) is 0.520. The van der Waals surface area contributed by atoms with E-state index in [-0.39, 0.29) is 0 Å². The number of hydrogen-bond donors (Lipinski definition) is 1. The van der Waals surface area contributed by atoms with Crippen LogP contribution < -0.4 is 0 Å². The maximum Gasteiger partial charge on any atom is 0.0721 e. The fraction of sp³-hybridized carbons (Fsp3) is 0.500. The lowest BCUT2D eigenvalue weighted by Gasteiger charge is -1.78. The molecule has 0 heterocycles. The summed E-state index contributed by atoms with van der Waals surface area (Å²) in [5.74, 6) is 2.16. The molecule has 0 fully saturated rings. The highest BCUT2D eigenvalue weighted by Gasteiger charge is 1.73. The van der Waals surface area contributed by atoms with Crippen LogP contribution in [0.15, 0.2) is 5.57 Å². The highest BCUT2D eigenvalue weighted by atomic mass is 14.3. The number of nitrogens with one attached hydrogen (secondary N) is 1. The van der Waals surface area contributed by atoms with Gasteiger partial charge in [-0.2, -0.15) is 0 Å². The molecule has 0 aliphatic rings. The second-order valence-corrected chi connectivity index (χ2v) is 1.11. The summed E-state index contributed by atoms with van der Waals surface area (Å²) in [6.07, 6.45) is 0.448. The van der Waals surface area contributed by atoms with E-state index in [4.69, 9.17) is 13.3 Å². The van der Waals surface area contributed by atoms with Crippen LogP contribution in [0.4, 0.5) is 0 Å². The minimum Gasteiger partial charge on any atom is -0.259 e. The van der Waals surface area contributed by atoms with Crippen molar-refractivity contribution in [3.8, 4) is 0 Å². The van der Waals surface area contributed by atoms with Crippen LogP contribution in [0.5, 0.6) is 0 Å². The molecule has 0 saturated heterocycles. The second-order valence-electron chi connectivity index (χ2n) is 1.11. The highest BCUT2D eigenvalue weighted by molar-refractivity contribution is 6.10. The van der Waals surface area contributed by atoms with Crippen molar-refractivity contribution in [1.82, 2.24) is 0 Å². The van der Waals surface area contributed by atoms with Gasteiger partial charge in [-0.1, -0.05) is 6.32 Å². The van der Waals surface area contributed by atoms with Crippen molar-refractivity contribution in [1.29, 1.82) is 5.41 Å². The molecule has 6 heavy (non-hydrogen) atoms. The molecule has 30 valence electrons. The maximum atomic E-state index is 6.44. The summed E-state index contributed by atoms with van der Waals surface area (Å²) < 4.78 is 0. The largest absolute Gasteiger partial charge is 0.259 e. The minimum atomic E-state index is 0.448. The van der Waals surface area contributed by atoms with Gasteiger partial charge in [0.25, 0.3) is 0 Å². The van der Waals surface area contributed by atoms with Crippen LogP contribution in [-0.2, 0) is 0 Å². The van der Waals surface area contributed by atoms with Gasteiger partial charge in [-0.05, 0) is 18.4 Å². The fourth-order valence-electron chi connectivity index (χ4n) is 0.0510. The summed E-state index contributed by atoms with van der Waals surface area (Å²) in [7, 11) is 5.06. The number of rotatable bonds is 1. The first-order valence-corrected chi connectivity index (χ1v) is 1.76. The number of allylic oxidation sites excluding steroid dienone is 1. The van der Waals surface area contributed by atoms with Crippen molar-refractivity contribution >= 4 is 13.7 Å². The molecule has 0 aliphatic heterocycles. The van der Waals surface area contributed by atoms with E-state index in [2.05, 4.69) is 5.87 Å². The molecule has 0 aromatic carbocycles. The van der Waals surface area contributed by atoms with Gasteiger partial charge in [0.2, 0.25) is 0 Å². The van der Waals surface area contributed by atoms with Gasteiger partial charge in [-0.3, -0.25) is 5.41 Å². The molecule has 0 bridgehead atoms. The van der Waals surface area contributed by atoms with E-state index in [0.717, 1.165) is 5.57 Å². The van der Waals surface area contributed by atoms with E-state index in [1.165, 1.54) is 0 Å². The summed E-state index contributed by atoms with van der Waals surface area (Å²) in [5, 5.41) is 6.44. The summed E-state index contributed by atoms with van der Waals surface area (Å²) in [6, 6.07) is 0. The van der Waals surface area contributed by atoms with Crippen molar-refractivity contribution in [3.63, 3.8) is 0 Å². The van der Waals surface area contributed by atoms with E-state index in [1.54, 1.807) is 6.92 Å². The Morgan fingerprint density at radius 2 is 2.50 bits per heavy atom. The Labute approximate surface area is 39.0 Å². The first-order valence-electron chi connectivity index (χ1n) is 1.76. The lowest BCUT2D eigenvalue weighted by atomic mass is 9.99. The topological polar surface area (TPSA) is 23.9 Å². The standard InChI is InChI=1S/C4H6BN/c1-4(2-5)3-6/h6H,2H2,1H3. The smallest absolute Gasteiger partial charge is 0.0721 e. The molecule has 1 nitrogen and oxygen atoms in total. The van der Waals surface area contributed by atoms with Gasteiger partial charge >= 0.3 is 0 Å². The van der Waals surface area contributed by atoms with Gasteiger partial charge in [-0.25, -0.2) is 0 Å². The summed E-state index contributed by atoms with van der Waals surface area (Å²) in [6.45, 7) is 1.77. The van der Waals surface area contributed by atoms with E-state index in [0.29, 0.717) is 6.32 Å². The molecule has 0 aromatic rings. The molecule has 2 heteroatoms. The van der Waals surface area contributed by atoms with Crippen molar-refractivity contribution in [3.05, 3.63) is 5.57 Å². The van der Waals surface area contributed by atoms with Crippen LogP contribution >= 0.6 is 0 Å². The monoisotopic (exact) mass is 79.1 g/mol. The van der Waals surface area contributed by atoms with Crippen LogP contribution in [0.1, 0.15) is 6.92 Å². The molecule has 0 unspecified atom stereocenters. The predicted octanol–water partition coefficient (Wildman–Crippen LogP) is 0.768. The Balaban J connectivity index is 3.52. The van der Waals surface area contributed by atoms with Gasteiger partial charge in [0.05, 0.1) is 7.85 Å². The maximum absolute atomic E-state index is 6.44. The average molecular weight is 78.9 g/mol. The Kier molecular flexibility index (Phi) is 2.52. The summed E-state index contributed by atoms with van der Waals surface area (Å²) >= 11 is 0. The zero-order valence-corrected chi connectivity index (χ0v) is 3.78. The van der Waals surface area contributed by atoms with Crippen LogP contribution in [-0.4, -0.2) is 13.7 Å². The van der Waals surface area contributed by atoms with Gasteiger partial charge in [-0.15, -0.1) is 0 Å². The first kappa shape index (κ1) is 5.51. The molecular formula is C4H6BN. The van der Waals surface area contributed by atoms with Crippen LogP contribution in [0, 0.1) is 5.41 Å². The molecule has 0 saturated carbocycles. The number of hydrogen-bond acceptors (Lipinski definition) is 1.